The van der Waals surface area contributed by atoms with E-state index in [0.717, 1.165) is 28.1 Å². The summed E-state index contributed by atoms with van der Waals surface area (Å²) in [4.78, 5) is 36.6. The molecule has 0 spiro atoms. The van der Waals surface area contributed by atoms with Gasteiger partial charge < -0.3 is 9.88 Å². The molecule has 3 aromatic rings. The molecule has 4 rings (SSSR count). The first-order valence-electron chi connectivity index (χ1n) is 9.44. The maximum absolute atomic E-state index is 13.4. The third-order valence-corrected chi connectivity index (χ3v) is 6.56. The first-order chi connectivity index (χ1) is 13.4. The Kier molecular flexibility index (Phi) is 5.02. The maximum atomic E-state index is 13.4. The average Bonchev–Trinajstić information content (AvgIpc) is 2.96. The minimum Gasteiger partial charge on any atom is -0.342 e. The Hall–Kier alpha value is -2.54. The van der Waals surface area contributed by atoms with Crippen molar-refractivity contribution >= 4 is 27.5 Å². The Morgan fingerprint density at radius 3 is 3.00 bits per heavy atom. The number of rotatable bonds is 3. The van der Waals surface area contributed by atoms with E-state index in [1.54, 1.807) is 17.0 Å². The van der Waals surface area contributed by atoms with Crippen LogP contribution in [0, 0.1) is 19.7 Å². The fourth-order valence-corrected chi connectivity index (χ4v) is 4.86. The summed E-state index contributed by atoms with van der Waals surface area (Å²) in [7, 11) is 0. The minimum absolute atomic E-state index is 0.00465. The summed E-state index contributed by atoms with van der Waals surface area (Å²) in [5, 5.41) is 0.668. The van der Waals surface area contributed by atoms with Gasteiger partial charge in [0.2, 0.25) is 5.91 Å². The molecule has 7 heteroatoms. The molecule has 1 N–H and O–H groups in total. The fraction of sp³-hybridized carbons (Fsp3) is 0.381. The second-order valence-corrected chi connectivity index (χ2v) is 8.60. The van der Waals surface area contributed by atoms with Crippen LogP contribution in [0.1, 0.15) is 40.6 Å². The Morgan fingerprint density at radius 1 is 1.39 bits per heavy atom. The second-order valence-electron chi connectivity index (χ2n) is 7.40. The van der Waals surface area contributed by atoms with Gasteiger partial charge in [-0.25, -0.2) is 9.37 Å². The summed E-state index contributed by atoms with van der Waals surface area (Å²) in [5.41, 5.74) is 1.55. The summed E-state index contributed by atoms with van der Waals surface area (Å²) >= 11 is 1.53. The number of benzene rings is 1. The third kappa shape index (κ3) is 3.58. The van der Waals surface area contributed by atoms with Crippen molar-refractivity contribution in [2.24, 2.45) is 0 Å². The van der Waals surface area contributed by atoms with Crippen molar-refractivity contribution in [2.75, 3.05) is 13.1 Å². The molecule has 146 valence electrons. The lowest BCUT2D eigenvalue weighted by molar-refractivity contribution is -0.131. The number of amides is 1. The third-order valence-electron chi connectivity index (χ3n) is 5.46. The number of aromatic nitrogens is 2. The van der Waals surface area contributed by atoms with E-state index in [1.807, 2.05) is 13.8 Å². The van der Waals surface area contributed by atoms with Gasteiger partial charge in [0.15, 0.2) is 0 Å². The smallest absolute Gasteiger partial charge is 0.259 e. The second kappa shape index (κ2) is 7.47. The first kappa shape index (κ1) is 18.8. The highest BCUT2D eigenvalue weighted by molar-refractivity contribution is 7.18. The predicted molar refractivity (Wildman–Crippen MR) is 108 cm³/mol. The summed E-state index contributed by atoms with van der Waals surface area (Å²) < 4.78 is 13.4. The largest absolute Gasteiger partial charge is 0.342 e. The van der Waals surface area contributed by atoms with E-state index in [9.17, 15) is 14.0 Å². The van der Waals surface area contributed by atoms with Gasteiger partial charge in [-0.05, 0) is 49.9 Å². The van der Waals surface area contributed by atoms with E-state index in [4.69, 9.17) is 4.98 Å². The van der Waals surface area contributed by atoms with Crippen LogP contribution < -0.4 is 5.56 Å². The number of aromatic amines is 1. The van der Waals surface area contributed by atoms with Gasteiger partial charge in [0.25, 0.3) is 5.56 Å². The van der Waals surface area contributed by atoms with Gasteiger partial charge >= 0.3 is 0 Å². The molecule has 0 bridgehead atoms. The van der Waals surface area contributed by atoms with Gasteiger partial charge in [-0.15, -0.1) is 11.3 Å². The Morgan fingerprint density at radius 2 is 2.21 bits per heavy atom. The van der Waals surface area contributed by atoms with E-state index in [-0.39, 0.29) is 29.6 Å². The number of carbonyl (C=O) groups excluding carboxylic acids is 1. The minimum atomic E-state index is -0.335. The number of fused-ring (bicyclic) bond motifs is 1. The zero-order chi connectivity index (χ0) is 19.8. The molecule has 1 aromatic carbocycles. The topological polar surface area (TPSA) is 66.1 Å². The number of hydrogen-bond donors (Lipinski definition) is 1. The number of halogens is 1. The molecule has 1 unspecified atom stereocenters. The number of H-pyrrole nitrogens is 1. The van der Waals surface area contributed by atoms with Crippen molar-refractivity contribution < 1.29 is 9.18 Å². The highest BCUT2D eigenvalue weighted by atomic mass is 32.1. The van der Waals surface area contributed by atoms with Gasteiger partial charge in [0.1, 0.15) is 16.5 Å². The van der Waals surface area contributed by atoms with Crippen LogP contribution in [0.25, 0.3) is 10.2 Å². The molecule has 3 heterocycles. The van der Waals surface area contributed by atoms with E-state index in [2.05, 4.69) is 4.98 Å². The van der Waals surface area contributed by atoms with Crippen LogP contribution in [-0.2, 0) is 11.2 Å². The zero-order valence-corrected chi connectivity index (χ0v) is 16.7. The standard InChI is InChI=1S/C21H22FN3O2S/c1-12-13(2)28-21-18(12)20(27)23-19(24-21)15-6-4-8-25(11-15)17(26)10-14-5-3-7-16(22)9-14/h3,5,7,9,15H,4,6,8,10-11H2,1-2H3,(H,23,24,27). The van der Waals surface area contributed by atoms with E-state index >= 15 is 0 Å². The van der Waals surface area contributed by atoms with Crippen LogP contribution in [0.3, 0.4) is 0 Å². The molecular weight excluding hydrogens is 377 g/mol. The molecule has 1 fully saturated rings. The highest BCUT2D eigenvalue weighted by Crippen LogP contribution is 2.29. The monoisotopic (exact) mass is 399 g/mol. The highest BCUT2D eigenvalue weighted by Gasteiger charge is 2.27. The van der Waals surface area contributed by atoms with Crippen molar-refractivity contribution in [2.45, 2.75) is 39.0 Å². The summed E-state index contributed by atoms with van der Waals surface area (Å²) in [6, 6.07) is 6.15. The number of aryl methyl sites for hydroxylation is 2. The molecule has 28 heavy (non-hydrogen) atoms. The van der Waals surface area contributed by atoms with Crippen LogP contribution in [0.15, 0.2) is 29.1 Å². The summed E-state index contributed by atoms with van der Waals surface area (Å²) in [6.45, 7) is 5.13. The van der Waals surface area contributed by atoms with Gasteiger partial charge in [0, 0.05) is 23.9 Å². The van der Waals surface area contributed by atoms with Crippen LogP contribution in [0.4, 0.5) is 4.39 Å². The lowest BCUT2D eigenvalue weighted by atomic mass is 9.96. The van der Waals surface area contributed by atoms with E-state index in [1.165, 1.54) is 23.5 Å². The number of thiophene rings is 1. The zero-order valence-electron chi connectivity index (χ0n) is 15.9. The average molecular weight is 399 g/mol. The van der Waals surface area contributed by atoms with Crippen LogP contribution >= 0.6 is 11.3 Å². The molecule has 1 saturated heterocycles. The summed E-state index contributed by atoms with van der Waals surface area (Å²) in [5.74, 6) is 0.298. The van der Waals surface area contributed by atoms with Crippen LogP contribution in [0.2, 0.25) is 0 Å². The van der Waals surface area contributed by atoms with Crippen molar-refractivity contribution in [3.63, 3.8) is 0 Å². The lowest BCUT2D eigenvalue weighted by Crippen LogP contribution is -2.40. The number of nitrogens with one attached hydrogen (secondary N) is 1. The van der Waals surface area contributed by atoms with Crippen molar-refractivity contribution in [1.82, 2.24) is 14.9 Å². The molecule has 2 aromatic heterocycles. The maximum Gasteiger partial charge on any atom is 0.259 e. The Balaban J connectivity index is 1.54. The normalized spacial score (nSPS) is 17.2. The van der Waals surface area contributed by atoms with E-state index < -0.39 is 0 Å². The van der Waals surface area contributed by atoms with Crippen LogP contribution in [0.5, 0.6) is 0 Å². The van der Waals surface area contributed by atoms with Gasteiger partial charge in [-0.2, -0.15) is 0 Å². The van der Waals surface area contributed by atoms with Crippen LogP contribution in [-0.4, -0.2) is 33.9 Å². The molecular formula is C21H22FN3O2S. The van der Waals surface area contributed by atoms with E-state index in [0.29, 0.717) is 29.9 Å². The molecule has 0 radical (unpaired) electrons. The Bertz CT molecular complexity index is 1100. The molecule has 0 aliphatic carbocycles. The quantitative estimate of drug-likeness (QED) is 0.730. The molecule has 5 nitrogen and oxygen atoms in total. The van der Waals surface area contributed by atoms with Crippen molar-refractivity contribution in [3.8, 4) is 0 Å². The number of piperidine rings is 1. The molecule has 1 amide bonds. The number of hydrogen-bond acceptors (Lipinski definition) is 4. The molecule has 0 saturated carbocycles. The number of likely N-dealkylation sites (tertiary alicyclic amines) is 1. The van der Waals surface area contributed by atoms with Gasteiger partial charge in [-0.1, -0.05) is 12.1 Å². The summed E-state index contributed by atoms with van der Waals surface area (Å²) in [6.07, 6.45) is 1.90. The van der Waals surface area contributed by atoms with Crippen molar-refractivity contribution in [3.05, 3.63) is 62.3 Å². The molecule has 1 aliphatic rings. The fourth-order valence-electron chi connectivity index (χ4n) is 3.82. The predicted octanol–water partition coefficient (Wildman–Crippen LogP) is 3.69. The SMILES string of the molecule is Cc1sc2nc(C3CCCN(C(=O)Cc4cccc(F)c4)C3)[nH]c(=O)c2c1C. The molecule has 1 atom stereocenters. The molecule has 1 aliphatic heterocycles. The number of nitrogens with zero attached hydrogens (tertiary/aromatic N) is 2. The Labute approximate surface area is 166 Å². The van der Waals surface area contributed by atoms with Gasteiger partial charge in [-0.3, -0.25) is 9.59 Å². The lowest BCUT2D eigenvalue weighted by Gasteiger charge is -2.32. The van der Waals surface area contributed by atoms with Gasteiger partial charge in [0.05, 0.1) is 11.8 Å². The first-order valence-corrected chi connectivity index (χ1v) is 10.3. The number of carbonyl (C=O) groups is 1. The van der Waals surface area contributed by atoms with Crippen molar-refractivity contribution in [1.29, 1.82) is 0 Å².